The molecule has 1 aromatic rings. The highest BCUT2D eigenvalue weighted by Gasteiger charge is 2.26. The van der Waals surface area contributed by atoms with Crippen LogP contribution in [0.3, 0.4) is 0 Å². The molecule has 3 atom stereocenters. The standard InChI is InChI=1S/C19H29NO/c1-14-5-3-7-16(11-14)19(13-20-17-9-10-17)21-18-8-4-6-15(2)12-18/h3,5,7,11,15,17-20H,4,6,8-10,12-13H2,1-2H3. The molecule has 0 aromatic heterocycles. The number of hydrogen-bond donors (Lipinski definition) is 1. The molecule has 3 rings (SSSR count). The molecule has 3 unspecified atom stereocenters. The van der Waals surface area contributed by atoms with Crippen LogP contribution in [0.2, 0.25) is 0 Å². The van der Waals surface area contributed by atoms with Gasteiger partial charge in [-0.1, -0.05) is 49.6 Å². The van der Waals surface area contributed by atoms with Crippen molar-refractivity contribution in [3.8, 4) is 0 Å². The van der Waals surface area contributed by atoms with Crippen molar-refractivity contribution in [2.45, 2.75) is 70.6 Å². The van der Waals surface area contributed by atoms with E-state index in [1.54, 1.807) is 0 Å². The zero-order chi connectivity index (χ0) is 14.7. The van der Waals surface area contributed by atoms with Crippen molar-refractivity contribution >= 4 is 0 Å². The lowest BCUT2D eigenvalue weighted by Crippen LogP contribution is -2.30. The Morgan fingerprint density at radius 2 is 2.10 bits per heavy atom. The van der Waals surface area contributed by atoms with Crippen molar-refractivity contribution in [1.82, 2.24) is 5.32 Å². The number of hydrogen-bond acceptors (Lipinski definition) is 2. The second-order valence-corrected chi connectivity index (χ2v) is 7.12. The van der Waals surface area contributed by atoms with E-state index in [1.807, 2.05) is 0 Å². The van der Waals surface area contributed by atoms with Crippen molar-refractivity contribution in [3.63, 3.8) is 0 Å². The van der Waals surface area contributed by atoms with Crippen molar-refractivity contribution in [2.75, 3.05) is 6.54 Å². The highest BCUT2D eigenvalue weighted by molar-refractivity contribution is 5.24. The van der Waals surface area contributed by atoms with Gasteiger partial charge >= 0.3 is 0 Å². The molecule has 1 N–H and O–H groups in total. The zero-order valence-electron chi connectivity index (χ0n) is 13.5. The molecule has 0 heterocycles. The fourth-order valence-corrected chi connectivity index (χ4v) is 3.41. The van der Waals surface area contributed by atoms with Crippen LogP contribution in [0, 0.1) is 12.8 Å². The first-order chi connectivity index (χ1) is 10.2. The first kappa shape index (κ1) is 15.1. The molecule has 0 saturated heterocycles. The molecule has 0 bridgehead atoms. The van der Waals surface area contributed by atoms with Crippen molar-refractivity contribution in [1.29, 1.82) is 0 Å². The maximum absolute atomic E-state index is 6.52. The Labute approximate surface area is 129 Å². The minimum absolute atomic E-state index is 0.209. The van der Waals surface area contributed by atoms with E-state index in [2.05, 4.69) is 43.4 Å². The quantitative estimate of drug-likeness (QED) is 0.838. The maximum atomic E-state index is 6.52. The molecule has 0 amide bonds. The van der Waals surface area contributed by atoms with E-state index < -0.39 is 0 Å². The molecule has 2 nitrogen and oxygen atoms in total. The normalized spacial score (nSPS) is 27.5. The number of benzene rings is 1. The van der Waals surface area contributed by atoms with Gasteiger partial charge in [0.25, 0.3) is 0 Å². The minimum Gasteiger partial charge on any atom is -0.369 e. The molecule has 2 heteroatoms. The van der Waals surface area contributed by atoms with Crippen LogP contribution in [0.1, 0.15) is 62.7 Å². The summed E-state index contributed by atoms with van der Waals surface area (Å²) in [4.78, 5) is 0. The summed E-state index contributed by atoms with van der Waals surface area (Å²) in [5.41, 5.74) is 2.66. The fraction of sp³-hybridized carbons (Fsp3) is 0.684. The smallest absolute Gasteiger partial charge is 0.0953 e. The van der Waals surface area contributed by atoms with Gasteiger partial charge in [-0.2, -0.15) is 0 Å². The van der Waals surface area contributed by atoms with Crippen molar-refractivity contribution in [2.24, 2.45) is 5.92 Å². The Hall–Kier alpha value is -0.860. The van der Waals surface area contributed by atoms with Gasteiger partial charge in [-0.3, -0.25) is 0 Å². The van der Waals surface area contributed by atoms with E-state index >= 15 is 0 Å². The summed E-state index contributed by atoms with van der Waals surface area (Å²) in [5, 5.41) is 3.65. The van der Waals surface area contributed by atoms with E-state index in [1.165, 1.54) is 49.7 Å². The van der Waals surface area contributed by atoms with E-state index in [0.717, 1.165) is 18.5 Å². The summed E-state index contributed by atoms with van der Waals surface area (Å²) < 4.78 is 6.52. The maximum Gasteiger partial charge on any atom is 0.0953 e. The lowest BCUT2D eigenvalue weighted by molar-refractivity contribution is -0.0396. The lowest BCUT2D eigenvalue weighted by atomic mass is 9.88. The average Bonchev–Trinajstić information content (AvgIpc) is 3.27. The van der Waals surface area contributed by atoms with E-state index in [9.17, 15) is 0 Å². The van der Waals surface area contributed by atoms with Gasteiger partial charge < -0.3 is 10.1 Å². The summed E-state index contributed by atoms with van der Waals surface area (Å²) in [6.45, 7) is 5.48. The lowest BCUT2D eigenvalue weighted by Gasteiger charge is -2.31. The van der Waals surface area contributed by atoms with Crippen LogP contribution in [0.15, 0.2) is 24.3 Å². The van der Waals surface area contributed by atoms with Crippen LogP contribution < -0.4 is 5.32 Å². The van der Waals surface area contributed by atoms with Gasteiger partial charge in [-0.05, 0) is 44.1 Å². The Kier molecular flexibility index (Phi) is 4.97. The van der Waals surface area contributed by atoms with E-state index in [-0.39, 0.29) is 6.10 Å². The molecule has 116 valence electrons. The number of aryl methyl sites for hydroxylation is 1. The van der Waals surface area contributed by atoms with Crippen molar-refractivity contribution in [3.05, 3.63) is 35.4 Å². The van der Waals surface area contributed by atoms with Crippen LogP contribution in [0.25, 0.3) is 0 Å². The average molecular weight is 287 g/mol. The third-order valence-corrected chi connectivity index (χ3v) is 4.83. The SMILES string of the molecule is Cc1cccc(C(CNC2CC2)OC2CCCC(C)C2)c1. The van der Waals surface area contributed by atoms with Crippen LogP contribution in [-0.2, 0) is 4.74 Å². The van der Waals surface area contributed by atoms with Gasteiger partial charge in [0.2, 0.25) is 0 Å². The van der Waals surface area contributed by atoms with Crippen LogP contribution in [0.4, 0.5) is 0 Å². The van der Waals surface area contributed by atoms with Gasteiger partial charge in [-0.15, -0.1) is 0 Å². The second kappa shape index (κ2) is 6.93. The Morgan fingerprint density at radius 1 is 1.24 bits per heavy atom. The van der Waals surface area contributed by atoms with Crippen molar-refractivity contribution < 1.29 is 4.74 Å². The predicted molar refractivity (Wildman–Crippen MR) is 87.4 cm³/mol. The molecule has 0 radical (unpaired) electrons. The monoisotopic (exact) mass is 287 g/mol. The number of nitrogens with one attached hydrogen (secondary N) is 1. The molecule has 2 aliphatic rings. The highest BCUT2D eigenvalue weighted by atomic mass is 16.5. The first-order valence-electron chi connectivity index (χ1n) is 8.66. The molecular formula is C19H29NO. The Balaban J connectivity index is 1.65. The molecule has 2 saturated carbocycles. The first-order valence-corrected chi connectivity index (χ1v) is 8.66. The summed E-state index contributed by atoms with van der Waals surface area (Å²) >= 11 is 0. The Morgan fingerprint density at radius 3 is 2.81 bits per heavy atom. The molecule has 0 aliphatic heterocycles. The van der Waals surface area contributed by atoms with Gasteiger partial charge in [0.15, 0.2) is 0 Å². The predicted octanol–water partition coefficient (Wildman–Crippen LogP) is 4.38. The molecule has 21 heavy (non-hydrogen) atoms. The largest absolute Gasteiger partial charge is 0.369 e. The molecule has 1 aromatic carbocycles. The van der Waals surface area contributed by atoms with Gasteiger partial charge in [0.05, 0.1) is 12.2 Å². The summed E-state index contributed by atoms with van der Waals surface area (Å²) in [6.07, 6.45) is 8.47. The van der Waals surface area contributed by atoms with Crippen LogP contribution in [-0.4, -0.2) is 18.7 Å². The number of ether oxygens (including phenoxy) is 1. The molecular weight excluding hydrogens is 258 g/mol. The third kappa shape index (κ3) is 4.55. The summed E-state index contributed by atoms with van der Waals surface area (Å²) in [5.74, 6) is 0.818. The van der Waals surface area contributed by atoms with Gasteiger partial charge in [0, 0.05) is 12.6 Å². The Bertz CT molecular complexity index is 455. The zero-order valence-corrected chi connectivity index (χ0v) is 13.5. The topological polar surface area (TPSA) is 21.3 Å². The van der Waals surface area contributed by atoms with E-state index in [0.29, 0.717) is 6.10 Å². The van der Waals surface area contributed by atoms with E-state index in [4.69, 9.17) is 4.74 Å². The van der Waals surface area contributed by atoms with Crippen LogP contribution >= 0.6 is 0 Å². The molecule has 2 aliphatic carbocycles. The number of rotatable bonds is 6. The van der Waals surface area contributed by atoms with Crippen LogP contribution in [0.5, 0.6) is 0 Å². The third-order valence-electron chi connectivity index (χ3n) is 4.83. The fourth-order valence-electron chi connectivity index (χ4n) is 3.41. The van der Waals surface area contributed by atoms with Gasteiger partial charge in [-0.25, -0.2) is 0 Å². The minimum atomic E-state index is 0.209. The highest BCUT2D eigenvalue weighted by Crippen LogP contribution is 2.31. The molecule has 2 fully saturated rings. The second-order valence-electron chi connectivity index (χ2n) is 7.12. The summed E-state index contributed by atoms with van der Waals surface area (Å²) in [6, 6.07) is 9.56. The van der Waals surface area contributed by atoms with Gasteiger partial charge in [0.1, 0.15) is 0 Å². The molecule has 0 spiro atoms. The summed E-state index contributed by atoms with van der Waals surface area (Å²) in [7, 11) is 0.